The van der Waals surface area contributed by atoms with Crippen molar-refractivity contribution in [3.05, 3.63) is 40.6 Å². The maximum atomic E-state index is 12.3. The molecule has 0 saturated carbocycles. The number of carbonyl (C=O) groups is 2. The van der Waals surface area contributed by atoms with E-state index < -0.39 is 5.97 Å². The molecule has 2 aromatic rings. The second-order valence-electron chi connectivity index (χ2n) is 7.04. The standard InChI is InChI=1S/C20H23ClN6O3S/c1-2-30-17(28)13-11-22-18(29)23-15(13)12-31-20-25-24-19(26-9-5-6-10-26)27(20)16-8-4-3-7-14(16)21/h3-4,7-8H,2,5-6,9-12H2,1H3,(H2,22,23,29). The number of esters is 1. The minimum atomic E-state index is -0.448. The van der Waals surface area contributed by atoms with Gasteiger partial charge in [0.2, 0.25) is 5.95 Å². The van der Waals surface area contributed by atoms with Gasteiger partial charge in [0.25, 0.3) is 0 Å². The summed E-state index contributed by atoms with van der Waals surface area (Å²) in [5.74, 6) is 0.613. The smallest absolute Gasteiger partial charge is 0.337 e. The zero-order valence-corrected chi connectivity index (χ0v) is 18.6. The van der Waals surface area contributed by atoms with E-state index in [9.17, 15) is 9.59 Å². The number of rotatable bonds is 7. The number of urea groups is 1. The molecule has 0 bridgehead atoms. The van der Waals surface area contributed by atoms with Crippen molar-refractivity contribution in [2.24, 2.45) is 0 Å². The molecule has 3 heterocycles. The van der Waals surface area contributed by atoms with Crippen molar-refractivity contribution in [3.8, 4) is 5.69 Å². The highest BCUT2D eigenvalue weighted by Gasteiger charge is 2.26. The van der Waals surface area contributed by atoms with Gasteiger partial charge in [0.15, 0.2) is 5.16 Å². The van der Waals surface area contributed by atoms with Crippen molar-refractivity contribution in [1.29, 1.82) is 0 Å². The molecule has 2 amide bonds. The number of thioether (sulfide) groups is 1. The summed E-state index contributed by atoms with van der Waals surface area (Å²) in [6.07, 6.45) is 2.21. The van der Waals surface area contributed by atoms with Crippen LogP contribution in [0.15, 0.2) is 40.7 Å². The number of ether oxygens (including phenoxy) is 1. The van der Waals surface area contributed by atoms with Gasteiger partial charge in [-0.1, -0.05) is 35.5 Å². The third-order valence-corrected chi connectivity index (χ3v) is 6.30. The molecule has 31 heavy (non-hydrogen) atoms. The van der Waals surface area contributed by atoms with Crippen LogP contribution in [0.1, 0.15) is 19.8 Å². The molecule has 1 fully saturated rings. The Bertz CT molecular complexity index is 1020. The summed E-state index contributed by atoms with van der Waals surface area (Å²) < 4.78 is 7.06. The molecule has 2 aliphatic rings. The molecule has 2 N–H and O–H groups in total. The Morgan fingerprint density at radius 2 is 2.03 bits per heavy atom. The van der Waals surface area contributed by atoms with Gasteiger partial charge in [-0.05, 0) is 31.9 Å². The quantitative estimate of drug-likeness (QED) is 0.482. The van der Waals surface area contributed by atoms with Crippen molar-refractivity contribution < 1.29 is 14.3 Å². The van der Waals surface area contributed by atoms with Crippen LogP contribution in [0.2, 0.25) is 5.02 Å². The van der Waals surface area contributed by atoms with Crippen molar-refractivity contribution >= 4 is 41.3 Å². The van der Waals surface area contributed by atoms with Gasteiger partial charge >= 0.3 is 12.0 Å². The van der Waals surface area contributed by atoms with E-state index in [4.69, 9.17) is 16.3 Å². The first-order valence-electron chi connectivity index (χ1n) is 10.1. The fourth-order valence-electron chi connectivity index (χ4n) is 3.53. The Hall–Kier alpha value is -2.72. The van der Waals surface area contributed by atoms with Gasteiger partial charge in [-0.15, -0.1) is 10.2 Å². The van der Waals surface area contributed by atoms with E-state index in [2.05, 4.69) is 25.7 Å². The van der Waals surface area contributed by atoms with E-state index in [-0.39, 0.29) is 19.2 Å². The average Bonchev–Trinajstić information content (AvgIpc) is 3.42. The molecule has 1 aromatic carbocycles. The Morgan fingerprint density at radius 3 is 2.77 bits per heavy atom. The van der Waals surface area contributed by atoms with Gasteiger partial charge < -0.3 is 20.3 Å². The second-order valence-corrected chi connectivity index (χ2v) is 8.39. The number of para-hydroxylation sites is 1. The van der Waals surface area contributed by atoms with Crippen LogP contribution in [0.5, 0.6) is 0 Å². The van der Waals surface area contributed by atoms with Gasteiger partial charge in [-0.3, -0.25) is 4.57 Å². The SMILES string of the molecule is CCOC(=O)C1=C(CSc2nnc(N3CCCC3)n2-c2ccccc2Cl)NC(=O)NC1. The summed E-state index contributed by atoms with van der Waals surface area (Å²) in [5.41, 5.74) is 1.69. The Labute approximate surface area is 189 Å². The van der Waals surface area contributed by atoms with Crippen LogP contribution in [0, 0.1) is 0 Å². The first-order chi connectivity index (χ1) is 15.1. The second kappa shape index (κ2) is 9.61. The lowest BCUT2D eigenvalue weighted by Crippen LogP contribution is -2.44. The van der Waals surface area contributed by atoms with Crippen molar-refractivity contribution in [3.63, 3.8) is 0 Å². The first-order valence-corrected chi connectivity index (χ1v) is 11.5. The van der Waals surface area contributed by atoms with E-state index in [0.29, 0.717) is 27.2 Å². The molecular weight excluding hydrogens is 440 g/mol. The summed E-state index contributed by atoms with van der Waals surface area (Å²) in [6.45, 7) is 3.95. The predicted octanol–water partition coefficient (Wildman–Crippen LogP) is 2.74. The van der Waals surface area contributed by atoms with Crippen molar-refractivity contribution in [1.82, 2.24) is 25.4 Å². The number of halogens is 1. The Balaban J connectivity index is 1.66. The topological polar surface area (TPSA) is 101 Å². The summed E-state index contributed by atoms with van der Waals surface area (Å²) in [4.78, 5) is 26.3. The minimum absolute atomic E-state index is 0.122. The number of nitrogens with one attached hydrogen (secondary N) is 2. The van der Waals surface area contributed by atoms with Crippen LogP contribution < -0.4 is 15.5 Å². The van der Waals surface area contributed by atoms with Gasteiger partial charge in [0, 0.05) is 24.5 Å². The lowest BCUT2D eigenvalue weighted by atomic mass is 10.2. The normalized spacial score (nSPS) is 16.3. The average molecular weight is 463 g/mol. The highest BCUT2D eigenvalue weighted by atomic mass is 35.5. The molecule has 0 unspecified atom stereocenters. The molecule has 4 rings (SSSR count). The van der Waals surface area contributed by atoms with Crippen LogP contribution in [0.3, 0.4) is 0 Å². The zero-order valence-electron chi connectivity index (χ0n) is 17.1. The molecule has 0 radical (unpaired) electrons. The number of benzene rings is 1. The molecule has 0 aliphatic carbocycles. The lowest BCUT2D eigenvalue weighted by molar-refractivity contribution is -0.138. The highest BCUT2D eigenvalue weighted by Crippen LogP contribution is 2.32. The van der Waals surface area contributed by atoms with Crippen LogP contribution in [0.25, 0.3) is 5.69 Å². The fourth-order valence-corrected chi connectivity index (χ4v) is 4.67. The minimum Gasteiger partial charge on any atom is -0.463 e. The molecule has 1 aromatic heterocycles. The number of anilines is 1. The molecular formula is C20H23ClN6O3S. The first kappa shape index (κ1) is 21.5. The summed E-state index contributed by atoms with van der Waals surface area (Å²) in [5, 5.41) is 15.4. The summed E-state index contributed by atoms with van der Waals surface area (Å²) in [6, 6.07) is 7.18. The van der Waals surface area contributed by atoms with Crippen LogP contribution >= 0.6 is 23.4 Å². The van der Waals surface area contributed by atoms with E-state index in [1.54, 1.807) is 6.92 Å². The summed E-state index contributed by atoms with van der Waals surface area (Å²) >= 11 is 7.87. The molecule has 9 nitrogen and oxygen atoms in total. The monoisotopic (exact) mass is 462 g/mol. The van der Waals surface area contributed by atoms with E-state index >= 15 is 0 Å². The zero-order chi connectivity index (χ0) is 21.8. The third-order valence-electron chi connectivity index (χ3n) is 5.02. The molecule has 11 heteroatoms. The molecule has 1 saturated heterocycles. The maximum absolute atomic E-state index is 12.3. The Morgan fingerprint density at radius 1 is 1.26 bits per heavy atom. The molecule has 0 atom stereocenters. The van der Waals surface area contributed by atoms with Gasteiger partial charge in [-0.2, -0.15) is 0 Å². The van der Waals surface area contributed by atoms with Crippen molar-refractivity contribution in [2.75, 3.05) is 36.9 Å². The highest BCUT2D eigenvalue weighted by molar-refractivity contribution is 7.99. The largest absolute Gasteiger partial charge is 0.463 e. The maximum Gasteiger partial charge on any atom is 0.337 e. The van der Waals surface area contributed by atoms with Gasteiger partial charge in [-0.25, -0.2) is 9.59 Å². The van der Waals surface area contributed by atoms with Crippen LogP contribution in [-0.4, -0.2) is 58.8 Å². The van der Waals surface area contributed by atoms with Crippen molar-refractivity contribution in [2.45, 2.75) is 24.9 Å². The number of carbonyl (C=O) groups excluding carboxylic acids is 2. The lowest BCUT2D eigenvalue weighted by Gasteiger charge is -2.21. The Kier molecular flexibility index (Phi) is 6.67. The number of hydrogen-bond donors (Lipinski definition) is 2. The number of hydrogen-bond acceptors (Lipinski definition) is 7. The number of aromatic nitrogens is 3. The van der Waals surface area contributed by atoms with E-state index in [1.165, 1.54) is 11.8 Å². The van der Waals surface area contributed by atoms with Gasteiger partial charge in [0.1, 0.15) is 0 Å². The van der Waals surface area contributed by atoms with Crippen LogP contribution in [0.4, 0.5) is 10.7 Å². The predicted molar refractivity (Wildman–Crippen MR) is 119 cm³/mol. The summed E-state index contributed by atoms with van der Waals surface area (Å²) in [7, 11) is 0. The molecule has 164 valence electrons. The number of amides is 2. The van der Waals surface area contributed by atoms with E-state index in [1.807, 2.05) is 28.8 Å². The number of nitrogens with zero attached hydrogens (tertiary/aromatic N) is 4. The third kappa shape index (κ3) is 4.64. The molecule has 2 aliphatic heterocycles. The fraction of sp³-hybridized carbons (Fsp3) is 0.400. The molecule has 0 spiro atoms. The van der Waals surface area contributed by atoms with Crippen LogP contribution in [-0.2, 0) is 9.53 Å². The van der Waals surface area contributed by atoms with Gasteiger partial charge in [0.05, 0.1) is 29.4 Å². The van der Waals surface area contributed by atoms with E-state index in [0.717, 1.165) is 37.6 Å².